The van der Waals surface area contributed by atoms with Crippen LogP contribution in [0, 0.1) is 3.57 Å². The number of nitrogens with one attached hydrogen (secondary N) is 1. The highest BCUT2D eigenvalue weighted by Gasteiger charge is 2.26. The molecule has 0 aliphatic carbocycles. The maximum absolute atomic E-state index is 11.9. The number of nitrogens with two attached hydrogens (primary N) is 1. The van der Waals surface area contributed by atoms with E-state index in [1.54, 1.807) is 6.07 Å². The van der Waals surface area contributed by atoms with Crippen molar-refractivity contribution in [2.75, 3.05) is 5.73 Å². The third-order valence-electron chi connectivity index (χ3n) is 2.88. The summed E-state index contributed by atoms with van der Waals surface area (Å²) in [5.41, 5.74) is 3.52. The third kappa shape index (κ3) is 2.86. The van der Waals surface area contributed by atoms with E-state index in [9.17, 15) is 24.6 Å². The number of carboxylic acids is 2. The molecule has 2 aromatic rings. The van der Waals surface area contributed by atoms with Crippen LogP contribution >= 0.6 is 38.5 Å². The molecule has 2 rings (SSSR count). The predicted molar refractivity (Wildman–Crippen MR) is 91.2 cm³/mol. The first-order valence-corrected chi connectivity index (χ1v) is 7.59. The fourth-order valence-corrected chi connectivity index (χ4v) is 2.70. The molecule has 114 valence electrons. The van der Waals surface area contributed by atoms with Crippen LogP contribution in [-0.2, 0) is 0 Å². The van der Waals surface area contributed by atoms with Crippen molar-refractivity contribution in [3.63, 3.8) is 0 Å². The molecule has 1 aromatic carbocycles. The molecule has 0 radical (unpaired) electrons. The minimum absolute atomic E-state index is 0.224. The molecule has 22 heavy (non-hydrogen) atoms. The minimum Gasteiger partial charge on any atom is -0.478 e. The Labute approximate surface area is 145 Å². The molecule has 0 saturated heterocycles. The second-order valence-corrected chi connectivity index (χ2v) is 6.25. The lowest BCUT2D eigenvalue weighted by Crippen LogP contribution is -2.24. The lowest BCUT2D eigenvalue weighted by Gasteiger charge is -2.12. The molecular weight excluding hydrogens is 471 g/mol. The predicted octanol–water partition coefficient (Wildman–Crippen LogP) is 2.39. The number of pyridine rings is 1. The molecule has 0 fully saturated rings. The maximum atomic E-state index is 11.9. The van der Waals surface area contributed by atoms with Gasteiger partial charge in [0.15, 0.2) is 0 Å². The fraction of sp³-hybridized carbons (Fsp3) is 0. The zero-order valence-corrected chi connectivity index (χ0v) is 14.4. The molecule has 0 amide bonds. The number of aromatic carboxylic acids is 2. The highest BCUT2D eigenvalue weighted by Crippen LogP contribution is 2.32. The standard InChI is InChI=1S/C13H8BrIN2O5/c14-5-3-4(1-2-6(5)15)7-8(12(19)20)10(16)17-11(18)9(7)13(21)22/h1-3H,(H,19,20)(H,21,22)(H3,16,17,18). The normalized spacial score (nSPS) is 10.5. The maximum Gasteiger partial charge on any atom is 0.342 e. The van der Waals surface area contributed by atoms with Crippen molar-refractivity contribution in [1.82, 2.24) is 4.98 Å². The second kappa shape index (κ2) is 6.08. The molecule has 7 nitrogen and oxygen atoms in total. The van der Waals surface area contributed by atoms with E-state index < -0.39 is 34.4 Å². The van der Waals surface area contributed by atoms with E-state index in [-0.39, 0.29) is 11.1 Å². The van der Waals surface area contributed by atoms with E-state index in [2.05, 4.69) is 20.9 Å². The Morgan fingerprint density at radius 2 is 1.77 bits per heavy atom. The number of benzene rings is 1. The Kier molecular flexibility index (Phi) is 4.56. The molecule has 0 spiro atoms. The number of hydrogen-bond donors (Lipinski definition) is 4. The minimum atomic E-state index is -1.53. The van der Waals surface area contributed by atoms with Crippen molar-refractivity contribution >= 4 is 56.3 Å². The summed E-state index contributed by atoms with van der Waals surface area (Å²) < 4.78 is 1.48. The van der Waals surface area contributed by atoms with Gasteiger partial charge >= 0.3 is 11.9 Å². The largest absolute Gasteiger partial charge is 0.478 e. The summed E-state index contributed by atoms with van der Waals surface area (Å²) in [6, 6.07) is 4.73. The van der Waals surface area contributed by atoms with Crippen LogP contribution in [0.25, 0.3) is 11.1 Å². The van der Waals surface area contributed by atoms with Gasteiger partial charge in [0.2, 0.25) is 0 Å². The molecule has 9 heteroatoms. The van der Waals surface area contributed by atoms with Crippen LogP contribution in [0.5, 0.6) is 0 Å². The van der Waals surface area contributed by atoms with Crippen LogP contribution in [0.4, 0.5) is 5.82 Å². The number of rotatable bonds is 3. The van der Waals surface area contributed by atoms with Crippen LogP contribution in [0.1, 0.15) is 20.7 Å². The molecule has 0 bridgehead atoms. The number of carbonyl (C=O) groups is 2. The van der Waals surface area contributed by atoms with Crippen LogP contribution in [0.3, 0.4) is 0 Å². The number of anilines is 1. The molecule has 0 saturated carbocycles. The summed E-state index contributed by atoms with van der Waals surface area (Å²) in [5.74, 6) is -3.36. The van der Waals surface area contributed by atoms with Crippen LogP contribution in [-0.4, -0.2) is 27.1 Å². The Morgan fingerprint density at radius 1 is 1.18 bits per heavy atom. The van der Waals surface area contributed by atoms with Crippen molar-refractivity contribution in [2.24, 2.45) is 0 Å². The Bertz CT molecular complexity index is 862. The number of halogens is 2. The van der Waals surface area contributed by atoms with Crippen molar-refractivity contribution in [3.8, 4) is 11.1 Å². The zero-order valence-electron chi connectivity index (χ0n) is 10.7. The average Bonchev–Trinajstić information content (AvgIpc) is 2.39. The highest BCUT2D eigenvalue weighted by molar-refractivity contribution is 14.1. The summed E-state index contributed by atoms with van der Waals surface area (Å²) >= 11 is 5.33. The second-order valence-electron chi connectivity index (χ2n) is 4.23. The van der Waals surface area contributed by atoms with E-state index in [0.29, 0.717) is 4.47 Å². The van der Waals surface area contributed by atoms with Crippen molar-refractivity contribution in [3.05, 3.63) is 47.7 Å². The summed E-state index contributed by atoms with van der Waals surface area (Å²) in [6.07, 6.45) is 0. The quantitative estimate of drug-likeness (QED) is 0.500. The molecule has 5 N–H and O–H groups in total. The van der Waals surface area contributed by atoms with E-state index in [4.69, 9.17) is 5.73 Å². The molecule has 0 aliphatic heterocycles. The molecular formula is C13H8BrIN2O5. The smallest absolute Gasteiger partial charge is 0.342 e. The van der Waals surface area contributed by atoms with Gasteiger partial charge in [-0.15, -0.1) is 0 Å². The SMILES string of the molecule is Nc1[nH]c(=O)c(C(=O)O)c(-c2ccc(I)c(Br)c2)c1C(=O)O. The molecule has 1 aromatic heterocycles. The molecule has 0 unspecified atom stereocenters. The number of H-pyrrole nitrogens is 1. The first kappa shape index (κ1) is 16.5. The van der Waals surface area contributed by atoms with Gasteiger partial charge in [-0.3, -0.25) is 4.79 Å². The van der Waals surface area contributed by atoms with E-state index >= 15 is 0 Å². The van der Waals surface area contributed by atoms with E-state index in [1.807, 2.05) is 22.6 Å². The van der Waals surface area contributed by atoms with Crippen molar-refractivity contribution < 1.29 is 19.8 Å². The van der Waals surface area contributed by atoms with Crippen molar-refractivity contribution in [1.29, 1.82) is 0 Å². The van der Waals surface area contributed by atoms with E-state index in [0.717, 1.165) is 3.57 Å². The number of carboxylic acid groups (broad SMARTS) is 2. The third-order valence-corrected chi connectivity index (χ3v) is 5.22. The first-order chi connectivity index (χ1) is 10.2. The average molecular weight is 479 g/mol. The summed E-state index contributed by atoms with van der Waals surface area (Å²) in [6.45, 7) is 0. The lowest BCUT2D eigenvalue weighted by atomic mass is 9.95. The number of aromatic amines is 1. The Balaban J connectivity index is 2.98. The van der Waals surface area contributed by atoms with Gasteiger partial charge < -0.3 is 20.9 Å². The molecule has 0 aliphatic rings. The van der Waals surface area contributed by atoms with Gasteiger partial charge in [-0.2, -0.15) is 0 Å². The topological polar surface area (TPSA) is 133 Å². The fourth-order valence-electron chi connectivity index (χ4n) is 1.99. The van der Waals surface area contributed by atoms with Gasteiger partial charge in [-0.05, 0) is 56.2 Å². The van der Waals surface area contributed by atoms with Crippen LogP contribution < -0.4 is 11.3 Å². The van der Waals surface area contributed by atoms with Gasteiger partial charge in [-0.25, -0.2) is 9.59 Å². The number of hydrogen-bond acceptors (Lipinski definition) is 4. The van der Waals surface area contributed by atoms with Gasteiger partial charge in [0.1, 0.15) is 16.9 Å². The monoisotopic (exact) mass is 478 g/mol. The molecule has 1 heterocycles. The Morgan fingerprint density at radius 3 is 2.27 bits per heavy atom. The first-order valence-electron chi connectivity index (χ1n) is 5.71. The molecule has 0 atom stereocenters. The van der Waals surface area contributed by atoms with Crippen LogP contribution in [0.15, 0.2) is 27.5 Å². The summed E-state index contributed by atoms with van der Waals surface area (Å²) in [7, 11) is 0. The number of aromatic nitrogens is 1. The van der Waals surface area contributed by atoms with Crippen LogP contribution in [0.2, 0.25) is 0 Å². The summed E-state index contributed by atoms with van der Waals surface area (Å²) in [4.78, 5) is 36.8. The zero-order chi connectivity index (χ0) is 16.6. The van der Waals surface area contributed by atoms with Gasteiger partial charge in [0, 0.05) is 13.6 Å². The number of nitrogen functional groups attached to an aromatic ring is 1. The van der Waals surface area contributed by atoms with Gasteiger partial charge in [0.25, 0.3) is 5.56 Å². The highest BCUT2D eigenvalue weighted by atomic mass is 127. The summed E-state index contributed by atoms with van der Waals surface area (Å²) in [5, 5.41) is 18.6. The van der Waals surface area contributed by atoms with E-state index in [1.165, 1.54) is 12.1 Å². The van der Waals surface area contributed by atoms with Gasteiger partial charge in [-0.1, -0.05) is 6.07 Å². The Hall–Kier alpha value is -1.88. The van der Waals surface area contributed by atoms with Gasteiger partial charge in [0.05, 0.1) is 0 Å². The van der Waals surface area contributed by atoms with Crippen molar-refractivity contribution in [2.45, 2.75) is 0 Å². The lowest BCUT2D eigenvalue weighted by molar-refractivity contribution is 0.0695.